The summed E-state index contributed by atoms with van der Waals surface area (Å²) in [6, 6.07) is 0. The van der Waals surface area contributed by atoms with Gasteiger partial charge < -0.3 is 0 Å². The molecule has 0 aliphatic rings. The number of halogens is 2. The summed E-state index contributed by atoms with van der Waals surface area (Å²) in [5, 5.41) is -1.42. The van der Waals surface area contributed by atoms with E-state index in [0.29, 0.717) is 0 Å². The molecule has 0 aromatic heterocycles. The van der Waals surface area contributed by atoms with Crippen LogP contribution in [0.3, 0.4) is 0 Å². The molecule has 0 N–H and O–H groups in total. The summed E-state index contributed by atoms with van der Waals surface area (Å²) >= 11 is 2.47. The third-order valence-electron chi connectivity index (χ3n) is 0.408. The molecule has 0 spiro atoms. The largest absolute Gasteiger partial charge is 0.266 e. The number of hydrogen-bond donors (Lipinski definition) is 0. The third-order valence-corrected chi connectivity index (χ3v) is 1.24. The van der Waals surface area contributed by atoms with Crippen molar-refractivity contribution in [3.05, 3.63) is 0 Å². The highest BCUT2D eigenvalue weighted by Gasteiger charge is 2.05. The van der Waals surface area contributed by atoms with E-state index in [9.17, 15) is 12.8 Å². The van der Waals surface area contributed by atoms with Crippen LogP contribution in [0.5, 0.6) is 0 Å². The maximum Gasteiger partial charge on any atom is 0.264 e. The SMILES string of the molecule is CS(=O)(=O)OCC(F)Br. The van der Waals surface area contributed by atoms with Gasteiger partial charge in [-0.1, -0.05) is 0 Å². The highest BCUT2D eigenvalue weighted by Crippen LogP contribution is 2.01. The lowest BCUT2D eigenvalue weighted by atomic mass is 10.8. The van der Waals surface area contributed by atoms with Crippen LogP contribution in [-0.4, -0.2) is 26.4 Å². The van der Waals surface area contributed by atoms with Crippen LogP contribution in [0.1, 0.15) is 0 Å². The molecule has 0 rings (SSSR count). The van der Waals surface area contributed by atoms with Crippen molar-refractivity contribution in [2.75, 3.05) is 12.9 Å². The number of hydrogen-bond acceptors (Lipinski definition) is 3. The van der Waals surface area contributed by atoms with E-state index in [-0.39, 0.29) is 0 Å². The molecule has 0 saturated carbocycles. The standard InChI is InChI=1S/C3H6BrFO3S/c1-9(6,7)8-2-3(4)5/h3H,2H2,1H3. The van der Waals surface area contributed by atoms with E-state index in [4.69, 9.17) is 0 Å². The van der Waals surface area contributed by atoms with Crippen molar-refractivity contribution in [2.24, 2.45) is 0 Å². The molecule has 0 fully saturated rings. The Morgan fingerprint density at radius 3 is 2.33 bits per heavy atom. The van der Waals surface area contributed by atoms with Crippen LogP contribution in [-0.2, 0) is 14.3 Å². The molecule has 6 heteroatoms. The Bertz CT molecular complexity index is 164. The molecule has 0 amide bonds. The minimum absolute atomic E-state index is 0.473. The highest BCUT2D eigenvalue weighted by atomic mass is 79.9. The summed E-state index contributed by atoms with van der Waals surface area (Å²) in [5.74, 6) is 0. The lowest BCUT2D eigenvalue weighted by Crippen LogP contribution is -2.08. The first-order valence-corrected chi connectivity index (χ1v) is 4.77. The Morgan fingerprint density at radius 2 is 2.22 bits per heavy atom. The quantitative estimate of drug-likeness (QED) is 0.519. The summed E-state index contributed by atoms with van der Waals surface area (Å²) in [6.45, 7) is -0.473. The second-order valence-electron chi connectivity index (χ2n) is 1.38. The minimum Gasteiger partial charge on any atom is -0.266 e. The molecule has 56 valence electrons. The summed E-state index contributed by atoms with van der Waals surface area (Å²) in [5.41, 5.74) is 0. The van der Waals surface area contributed by atoms with Gasteiger partial charge in [0.1, 0.15) is 6.61 Å². The summed E-state index contributed by atoms with van der Waals surface area (Å²) in [7, 11) is -3.49. The van der Waals surface area contributed by atoms with Crippen molar-refractivity contribution in [1.82, 2.24) is 0 Å². The zero-order valence-electron chi connectivity index (χ0n) is 4.67. The van der Waals surface area contributed by atoms with Crippen molar-refractivity contribution in [2.45, 2.75) is 5.08 Å². The normalized spacial score (nSPS) is 15.4. The fourth-order valence-electron chi connectivity index (χ4n) is 0.175. The van der Waals surface area contributed by atoms with Gasteiger partial charge in [-0.05, 0) is 15.9 Å². The molecule has 9 heavy (non-hydrogen) atoms. The van der Waals surface area contributed by atoms with E-state index in [0.717, 1.165) is 6.26 Å². The van der Waals surface area contributed by atoms with Crippen LogP contribution in [0.15, 0.2) is 0 Å². The lowest BCUT2D eigenvalue weighted by Gasteiger charge is -1.98. The van der Waals surface area contributed by atoms with Gasteiger partial charge in [0.2, 0.25) is 0 Å². The smallest absolute Gasteiger partial charge is 0.264 e. The molecular weight excluding hydrogens is 215 g/mol. The van der Waals surface area contributed by atoms with E-state index >= 15 is 0 Å². The van der Waals surface area contributed by atoms with Gasteiger partial charge in [-0.3, -0.25) is 4.18 Å². The van der Waals surface area contributed by atoms with E-state index in [1.165, 1.54) is 0 Å². The van der Waals surface area contributed by atoms with Crippen LogP contribution >= 0.6 is 15.9 Å². The predicted molar refractivity (Wildman–Crippen MR) is 34.6 cm³/mol. The predicted octanol–water partition coefficient (Wildman–Crippen LogP) is 0.653. The van der Waals surface area contributed by atoms with Gasteiger partial charge >= 0.3 is 0 Å². The molecule has 0 aromatic rings. The summed E-state index contributed by atoms with van der Waals surface area (Å²) < 4.78 is 36.1. The first-order valence-electron chi connectivity index (χ1n) is 2.04. The fraction of sp³-hybridized carbons (Fsp3) is 1.00. The Labute approximate surface area is 61.5 Å². The molecule has 0 aliphatic carbocycles. The molecule has 0 radical (unpaired) electrons. The van der Waals surface area contributed by atoms with Gasteiger partial charge in [-0.25, -0.2) is 4.39 Å². The zero-order chi connectivity index (χ0) is 7.49. The van der Waals surface area contributed by atoms with Gasteiger partial charge in [0.15, 0.2) is 5.08 Å². The molecule has 0 heterocycles. The molecule has 1 unspecified atom stereocenters. The van der Waals surface area contributed by atoms with Crippen molar-refractivity contribution in [3.8, 4) is 0 Å². The fourth-order valence-corrected chi connectivity index (χ4v) is 0.849. The molecule has 0 aliphatic heterocycles. The molecule has 3 nitrogen and oxygen atoms in total. The summed E-state index contributed by atoms with van der Waals surface area (Å²) in [6.07, 6.45) is 0.863. The van der Waals surface area contributed by atoms with Crippen LogP contribution in [0.25, 0.3) is 0 Å². The van der Waals surface area contributed by atoms with Crippen molar-refractivity contribution < 1.29 is 17.0 Å². The van der Waals surface area contributed by atoms with Gasteiger partial charge in [-0.15, -0.1) is 0 Å². The molecule has 0 aromatic carbocycles. The average molecular weight is 221 g/mol. The molecule has 1 atom stereocenters. The van der Waals surface area contributed by atoms with Gasteiger partial charge in [0.05, 0.1) is 6.26 Å². The first-order chi connectivity index (χ1) is 3.92. The topological polar surface area (TPSA) is 43.4 Å². The van der Waals surface area contributed by atoms with Crippen LogP contribution in [0, 0.1) is 0 Å². The molecule has 0 saturated heterocycles. The Kier molecular flexibility index (Phi) is 3.60. The van der Waals surface area contributed by atoms with Crippen LogP contribution in [0.2, 0.25) is 0 Å². The minimum atomic E-state index is -3.49. The van der Waals surface area contributed by atoms with E-state index in [2.05, 4.69) is 20.1 Å². The van der Waals surface area contributed by atoms with Gasteiger partial charge in [-0.2, -0.15) is 8.42 Å². The third kappa shape index (κ3) is 8.32. The monoisotopic (exact) mass is 220 g/mol. The van der Waals surface area contributed by atoms with Crippen molar-refractivity contribution in [1.29, 1.82) is 0 Å². The van der Waals surface area contributed by atoms with E-state index < -0.39 is 21.8 Å². The van der Waals surface area contributed by atoms with Gasteiger partial charge in [0.25, 0.3) is 10.1 Å². The highest BCUT2D eigenvalue weighted by molar-refractivity contribution is 9.09. The van der Waals surface area contributed by atoms with E-state index in [1.54, 1.807) is 0 Å². The van der Waals surface area contributed by atoms with Crippen LogP contribution in [0.4, 0.5) is 4.39 Å². The molecule has 0 bridgehead atoms. The van der Waals surface area contributed by atoms with E-state index in [1.807, 2.05) is 0 Å². The first kappa shape index (κ1) is 9.32. The Morgan fingerprint density at radius 1 is 1.78 bits per heavy atom. The van der Waals surface area contributed by atoms with Crippen molar-refractivity contribution in [3.63, 3.8) is 0 Å². The number of alkyl halides is 2. The maximum atomic E-state index is 11.8. The van der Waals surface area contributed by atoms with Crippen molar-refractivity contribution >= 4 is 26.0 Å². The Hall–Kier alpha value is 0.320. The second kappa shape index (κ2) is 3.48. The zero-order valence-corrected chi connectivity index (χ0v) is 7.08. The number of rotatable bonds is 3. The maximum absolute atomic E-state index is 11.8. The lowest BCUT2D eigenvalue weighted by molar-refractivity contribution is 0.264. The second-order valence-corrected chi connectivity index (χ2v) is 4.02. The summed E-state index contributed by atoms with van der Waals surface area (Å²) in [4.78, 5) is 0. The van der Waals surface area contributed by atoms with Crippen LogP contribution < -0.4 is 0 Å². The van der Waals surface area contributed by atoms with Gasteiger partial charge in [0, 0.05) is 0 Å². The Balaban J connectivity index is 3.53. The molecular formula is C3H6BrFO3S. The average Bonchev–Trinajstić information content (AvgIpc) is 1.59.